The zero-order chi connectivity index (χ0) is 37.2. The zero-order valence-electron chi connectivity index (χ0n) is 31.6. The van der Waals surface area contributed by atoms with Crippen LogP contribution in [0, 0.1) is 25.2 Å². The molecule has 1 radical (unpaired) electrons. The summed E-state index contributed by atoms with van der Waals surface area (Å²) in [5.41, 5.74) is 11.7. The summed E-state index contributed by atoms with van der Waals surface area (Å²) in [6.07, 6.45) is 1.39. The van der Waals surface area contributed by atoms with Crippen molar-refractivity contribution in [2.45, 2.75) is 13.8 Å². The molecule has 0 unspecified atom stereocenters. The van der Waals surface area contributed by atoms with E-state index in [1.165, 1.54) is 11.8 Å². The van der Waals surface area contributed by atoms with Crippen LogP contribution >= 0.6 is 11.3 Å². The van der Waals surface area contributed by atoms with Crippen molar-refractivity contribution < 1.29 is 25.6 Å². The number of hydrogen-bond donors (Lipinski definition) is 0. The molecule has 0 spiro atoms. The Morgan fingerprint density at radius 2 is 1.43 bits per heavy atom. The average molecular weight is 856 g/mol. The number of pyridine rings is 1. The molecule has 6 aromatic carbocycles. The summed E-state index contributed by atoms with van der Waals surface area (Å²) < 4.78 is 33.1. The molecule has 0 N–H and O–H groups in total. The average Bonchev–Trinajstić information content (AvgIpc) is 3.79. The van der Waals surface area contributed by atoms with Gasteiger partial charge in [-0.25, -0.2) is 0 Å². The number of imidazole rings is 1. The molecule has 9 rings (SSSR count). The molecule has 0 fully saturated rings. The molecule has 3 aromatic heterocycles. The predicted octanol–water partition coefficient (Wildman–Crippen LogP) is 12.2. The van der Waals surface area contributed by atoms with Crippen molar-refractivity contribution >= 4 is 32.5 Å². The second-order valence-electron chi connectivity index (χ2n) is 11.9. The molecule has 0 aliphatic heterocycles. The van der Waals surface area contributed by atoms with Crippen LogP contribution in [0.5, 0.6) is 0 Å². The van der Waals surface area contributed by atoms with Crippen molar-refractivity contribution in [3.63, 3.8) is 0 Å². The third-order valence-electron chi connectivity index (χ3n) is 8.54. The van der Waals surface area contributed by atoms with Crippen LogP contribution in [-0.2, 0) is 20.1 Å². The minimum atomic E-state index is -2.09. The largest absolute Gasteiger partial charge is 0.332 e. The van der Waals surface area contributed by atoms with Gasteiger partial charge in [0.25, 0.3) is 0 Å². The fourth-order valence-corrected chi connectivity index (χ4v) is 7.07. The summed E-state index contributed by atoms with van der Waals surface area (Å²) in [7, 11) is 0. The van der Waals surface area contributed by atoms with E-state index in [1.807, 2.05) is 42.5 Å². The molecule has 0 aliphatic carbocycles. The predicted molar refractivity (Wildman–Crippen MR) is 210 cm³/mol. The summed E-state index contributed by atoms with van der Waals surface area (Å²) in [5, 5.41) is 4.60. The molecule has 5 heteroatoms. The zero-order valence-corrected chi connectivity index (χ0v) is 30.8. The molecular formula is C46H33IrN3S-2. The van der Waals surface area contributed by atoms with Crippen LogP contribution < -0.4 is 0 Å². The van der Waals surface area contributed by atoms with E-state index < -0.39 is 6.85 Å². The van der Waals surface area contributed by atoms with Crippen molar-refractivity contribution in [1.29, 1.82) is 0 Å². The molecule has 0 saturated carbocycles. The molecule has 0 aliphatic rings. The van der Waals surface area contributed by atoms with Gasteiger partial charge in [-0.05, 0) is 66.0 Å². The van der Waals surface area contributed by atoms with Gasteiger partial charge >= 0.3 is 0 Å². The quantitative estimate of drug-likeness (QED) is 0.162. The minimum absolute atomic E-state index is 0. The first-order valence-corrected chi connectivity index (χ1v) is 17.1. The Bertz CT molecular complexity index is 2650. The van der Waals surface area contributed by atoms with Gasteiger partial charge in [-0.2, -0.15) is 0 Å². The molecule has 0 atom stereocenters. The Morgan fingerprint density at radius 3 is 2.10 bits per heavy atom. The molecule has 3 nitrogen and oxygen atoms in total. The van der Waals surface area contributed by atoms with Gasteiger partial charge in [-0.1, -0.05) is 119 Å². The van der Waals surface area contributed by atoms with E-state index in [9.17, 15) is 0 Å². The second kappa shape index (κ2) is 15.2. The maximum Gasteiger partial charge on any atom is 0.0774 e. The Morgan fingerprint density at radius 1 is 0.725 bits per heavy atom. The van der Waals surface area contributed by atoms with Gasteiger partial charge in [0.05, 0.1) is 23.9 Å². The maximum atomic E-state index is 8.09. The SMILES string of the molecule is [2H]C([2H])([2H])c1ccc(-c2[c-]cccc2)nc1.[2H]c1ccc2c(-c3nc4ccccc4n3-c3c(-c4ccccc4)cc(C)cc3-c3ccccc3)[c-]sc2c1.[Ir]. The van der Waals surface area contributed by atoms with E-state index in [0.717, 1.165) is 71.7 Å². The molecule has 249 valence electrons. The molecule has 3 heterocycles. The smallest absolute Gasteiger partial charge is 0.0774 e. The number of benzene rings is 6. The first-order valence-electron chi connectivity index (χ1n) is 18.3. The van der Waals surface area contributed by atoms with Crippen LogP contribution in [0.4, 0.5) is 0 Å². The Labute approximate surface area is 321 Å². The van der Waals surface area contributed by atoms with Gasteiger partial charge in [0.15, 0.2) is 0 Å². The van der Waals surface area contributed by atoms with Crippen molar-refractivity contribution in [2.24, 2.45) is 0 Å². The molecular weight excluding hydrogens is 819 g/mol. The van der Waals surface area contributed by atoms with E-state index >= 15 is 0 Å². The summed E-state index contributed by atoms with van der Waals surface area (Å²) >= 11 is 1.54. The monoisotopic (exact) mass is 856 g/mol. The van der Waals surface area contributed by atoms with Crippen molar-refractivity contribution in [2.75, 3.05) is 0 Å². The van der Waals surface area contributed by atoms with Crippen LogP contribution in [0.15, 0.2) is 164 Å². The number of rotatable bonds is 5. The first-order chi connectivity index (χ1) is 26.2. The van der Waals surface area contributed by atoms with E-state index in [4.69, 9.17) is 10.5 Å². The fourth-order valence-electron chi connectivity index (χ4n) is 6.25. The van der Waals surface area contributed by atoms with Gasteiger partial charge in [0, 0.05) is 41.5 Å². The van der Waals surface area contributed by atoms with Crippen LogP contribution in [0.2, 0.25) is 0 Å². The third kappa shape index (κ3) is 6.97. The van der Waals surface area contributed by atoms with Gasteiger partial charge in [-0.15, -0.1) is 47.3 Å². The fraction of sp³-hybridized carbons (Fsp3) is 0.0435. The standard InChI is InChI=1S/C34H23N2S.C12H10N.Ir/c1-23-20-27(24-12-4-2-5-13-24)33(28(21-23)25-14-6-3-7-15-25)36-31-18-10-9-17-30(31)35-34(36)29-22-37-32-19-11-8-16-26(29)32;1-10-7-8-12(13-9-10)11-5-3-2-4-6-11;/h2-21H,1H3;2-5,7-9H,1H3;/q2*-1;/i11D;1D3;. The summed E-state index contributed by atoms with van der Waals surface area (Å²) in [6, 6.07) is 54.1. The number of fused-ring (bicyclic) bond motifs is 2. The number of thiophene rings is 1. The van der Waals surface area contributed by atoms with E-state index in [1.54, 1.807) is 29.5 Å². The summed E-state index contributed by atoms with van der Waals surface area (Å²) in [6.45, 7) is 0.0696. The summed E-state index contributed by atoms with van der Waals surface area (Å²) in [5.74, 6) is 0.855. The van der Waals surface area contributed by atoms with Crippen LogP contribution in [-0.4, -0.2) is 14.5 Å². The molecule has 0 saturated heterocycles. The number of aryl methyl sites for hydroxylation is 2. The van der Waals surface area contributed by atoms with E-state index in [0.29, 0.717) is 6.04 Å². The number of para-hydroxylation sites is 2. The van der Waals surface area contributed by atoms with E-state index in [-0.39, 0.29) is 25.7 Å². The summed E-state index contributed by atoms with van der Waals surface area (Å²) in [4.78, 5) is 9.31. The van der Waals surface area contributed by atoms with Crippen molar-refractivity contribution in [1.82, 2.24) is 14.5 Å². The molecule has 9 aromatic rings. The van der Waals surface area contributed by atoms with E-state index in [2.05, 4.69) is 119 Å². The third-order valence-corrected chi connectivity index (χ3v) is 9.40. The van der Waals surface area contributed by atoms with Gasteiger partial charge in [-0.3, -0.25) is 16.3 Å². The molecule has 51 heavy (non-hydrogen) atoms. The van der Waals surface area contributed by atoms with Crippen molar-refractivity contribution in [3.8, 4) is 50.6 Å². The van der Waals surface area contributed by atoms with Crippen molar-refractivity contribution in [3.05, 3.63) is 186 Å². The number of aromatic nitrogens is 3. The minimum Gasteiger partial charge on any atom is -0.332 e. The second-order valence-corrected chi connectivity index (χ2v) is 12.8. The number of nitrogens with zero attached hydrogens (tertiary/aromatic N) is 3. The van der Waals surface area contributed by atoms with Gasteiger partial charge in [0.1, 0.15) is 0 Å². The van der Waals surface area contributed by atoms with Gasteiger partial charge in [0.2, 0.25) is 0 Å². The first kappa shape index (κ1) is 29.3. The Balaban J connectivity index is 0.000000231. The van der Waals surface area contributed by atoms with Crippen LogP contribution in [0.1, 0.15) is 16.6 Å². The van der Waals surface area contributed by atoms with Crippen LogP contribution in [0.25, 0.3) is 71.7 Å². The van der Waals surface area contributed by atoms with Crippen LogP contribution in [0.3, 0.4) is 0 Å². The molecule has 0 amide bonds. The maximum absolute atomic E-state index is 8.09. The topological polar surface area (TPSA) is 30.7 Å². The normalized spacial score (nSPS) is 12.2. The Kier molecular flexibility index (Phi) is 8.73. The Hall–Kier alpha value is -5.45. The molecule has 0 bridgehead atoms. The number of hydrogen-bond acceptors (Lipinski definition) is 3. The van der Waals surface area contributed by atoms with Gasteiger partial charge < -0.3 is 9.55 Å².